The summed E-state index contributed by atoms with van der Waals surface area (Å²) in [7, 11) is 0. The molecular formula is C31H20BNO2. The summed E-state index contributed by atoms with van der Waals surface area (Å²) in [5.74, 6) is -1.38. The Morgan fingerprint density at radius 1 is 0.657 bits per heavy atom. The van der Waals surface area contributed by atoms with Gasteiger partial charge in [0.25, 0.3) is 6.71 Å². The largest absolute Gasteiger partial charge is 0.458 e. The van der Waals surface area contributed by atoms with Gasteiger partial charge in [-0.15, -0.1) is 0 Å². The van der Waals surface area contributed by atoms with Gasteiger partial charge >= 0.3 is 0 Å². The fraction of sp³-hybridized carbons (Fsp3) is 0.0323. The first-order valence-corrected chi connectivity index (χ1v) is 10.6. The Balaban J connectivity index is 1.63. The number of ether oxygens (including phenoxy) is 2. The van der Waals surface area contributed by atoms with Crippen molar-refractivity contribution in [2.75, 3.05) is 0 Å². The molecule has 1 aromatic heterocycles. The molecule has 0 fully saturated rings. The van der Waals surface area contributed by atoms with E-state index in [9.17, 15) is 2.74 Å². The quantitative estimate of drug-likeness (QED) is 0.285. The molecule has 164 valence electrons. The van der Waals surface area contributed by atoms with E-state index in [-0.39, 0.29) is 61.3 Å². The van der Waals surface area contributed by atoms with E-state index in [4.69, 9.17) is 30.0 Å². The van der Waals surface area contributed by atoms with Crippen molar-refractivity contribution < 1.29 is 32.8 Å². The lowest BCUT2D eigenvalue weighted by Gasteiger charge is -2.34. The van der Waals surface area contributed by atoms with Gasteiger partial charge in [0.1, 0.15) is 23.0 Å². The number of benzene rings is 5. The van der Waals surface area contributed by atoms with Gasteiger partial charge in [-0.2, -0.15) is 0 Å². The number of rotatable bonds is 1. The minimum atomic E-state index is -1.37. The van der Waals surface area contributed by atoms with Crippen LogP contribution in [0, 0.1) is 6.92 Å². The lowest BCUT2D eigenvalue weighted by Crippen LogP contribution is -2.57. The van der Waals surface area contributed by atoms with Crippen molar-refractivity contribution in [3.63, 3.8) is 0 Å². The molecule has 3 nitrogen and oxygen atoms in total. The van der Waals surface area contributed by atoms with Gasteiger partial charge in [0.2, 0.25) is 0 Å². The predicted octanol–water partition coefficient (Wildman–Crippen LogP) is 5.82. The molecule has 2 aliphatic rings. The van der Waals surface area contributed by atoms with Crippen LogP contribution in [-0.2, 0) is 0 Å². The number of fused-ring (bicyclic) bond motifs is 7. The van der Waals surface area contributed by atoms with Gasteiger partial charge in [0.15, 0.2) is 0 Å². The fourth-order valence-electron chi connectivity index (χ4n) is 4.74. The van der Waals surface area contributed by atoms with Crippen molar-refractivity contribution in [1.29, 1.82) is 0 Å². The Morgan fingerprint density at radius 3 is 2.06 bits per heavy atom. The van der Waals surface area contributed by atoms with Gasteiger partial charge in [0, 0.05) is 28.3 Å². The predicted molar refractivity (Wildman–Crippen MR) is 143 cm³/mol. The summed E-state index contributed by atoms with van der Waals surface area (Å²) >= 11 is 0. The minimum Gasteiger partial charge on any atom is -0.458 e. The first-order valence-electron chi connectivity index (χ1n) is 19.1. The third kappa shape index (κ3) is 2.51. The van der Waals surface area contributed by atoms with E-state index >= 15 is 0 Å². The molecule has 0 N–H and O–H groups in total. The van der Waals surface area contributed by atoms with Crippen LogP contribution >= 0.6 is 0 Å². The Morgan fingerprint density at radius 2 is 1.29 bits per heavy atom. The highest BCUT2D eigenvalue weighted by atomic mass is 16.5. The highest BCUT2D eigenvalue weighted by molar-refractivity contribution is 6.98. The van der Waals surface area contributed by atoms with E-state index in [1.807, 2.05) is 0 Å². The van der Waals surface area contributed by atoms with Crippen LogP contribution in [0.1, 0.15) is 28.9 Å². The van der Waals surface area contributed by atoms with E-state index < -0.39 is 121 Å². The van der Waals surface area contributed by atoms with Crippen molar-refractivity contribution in [2.24, 2.45) is 0 Å². The van der Waals surface area contributed by atoms with E-state index in [0.717, 1.165) is 4.57 Å². The molecule has 0 unspecified atom stereocenters. The van der Waals surface area contributed by atoms with Gasteiger partial charge in [-0.05, 0) is 41.5 Å². The maximum atomic E-state index is 9.55. The number of para-hydroxylation sites is 4. The molecule has 3 heterocycles. The maximum absolute atomic E-state index is 9.55. The molecule has 0 aliphatic carbocycles. The monoisotopic (exact) mass is 466 g/mol. The van der Waals surface area contributed by atoms with E-state index in [1.54, 1.807) is 0 Å². The van der Waals surface area contributed by atoms with Gasteiger partial charge in [-0.3, -0.25) is 0 Å². The van der Waals surface area contributed by atoms with Crippen LogP contribution in [-0.4, -0.2) is 11.3 Å². The van der Waals surface area contributed by atoms with E-state index in [1.165, 1.54) is 6.92 Å². The molecule has 8 rings (SSSR count). The minimum absolute atomic E-state index is 0.0616. The Kier molecular flexibility index (Phi) is 1.74. The molecule has 0 spiro atoms. The molecule has 2 aliphatic heterocycles. The third-order valence-electron chi connectivity index (χ3n) is 6.20. The van der Waals surface area contributed by atoms with Crippen molar-refractivity contribution in [3.8, 4) is 28.7 Å². The SMILES string of the molecule is [2H]c1c([2H])c([2H])c2c(c1[2H])Oc1c([2H])c(-n3c4c([2H])c([2H])c([2H])c([2H])c4c4c([2H])c([2H])c([2H])c([2H])c43)c([2H])c3c1B2c1c([2H])c([2H])c([2H])c(C)c1O3. The topological polar surface area (TPSA) is 23.4 Å². The third-order valence-corrected chi connectivity index (χ3v) is 6.20. The molecule has 4 heteroatoms. The molecule has 0 bridgehead atoms. The molecule has 0 radical (unpaired) electrons. The van der Waals surface area contributed by atoms with Crippen LogP contribution in [0.4, 0.5) is 0 Å². The normalized spacial score (nSPS) is 19.9. The Hall–Kier alpha value is -4.44. The second-order valence-electron chi connectivity index (χ2n) is 8.08. The Bertz CT molecular complexity index is 2570. The molecule has 5 aromatic carbocycles. The zero-order chi connectivity index (χ0) is 37.9. The molecule has 0 atom stereocenters. The van der Waals surface area contributed by atoms with Gasteiger partial charge < -0.3 is 14.0 Å². The standard InChI is InChI=1S/C31H20BNO2/c1-19-9-8-13-24-31(19)35-29-18-20(17-28-30(29)32(24)23-12-4-7-16-27(23)34-28)33-25-14-5-2-10-21(25)22-11-3-6-15-26(22)33/h2-18H,1H3/i2D,3D,4D,5D,6D,7D,8D,9D,10D,11D,12D,13D,14D,15D,16D,17D,18D. The highest BCUT2D eigenvalue weighted by Crippen LogP contribution is 2.39. The van der Waals surface area contributed by atoms with Crippen molar-refractivity contribution in [1.82, 2.24) is 4.57 Å². The van der Waals surface area contributed by atoms with Crippen molar-refractivity contribution >= 4 is 44.9 Å². The van der Waals surface area contributed by atoms with E-state index in [0.29, 0.717) is 0 Å². The summed E-state index contributed by atoms with van der Waals surface area (Å²) in [5.41, 5.74) is -1.56. The first-order chi connectivity index (χ1) is 24.4. The lowest BCUT2D eigenvalue weighted by atomic mass is 9.34. The second kappa shape index (κ2) is 6.80. The molecule has 0 saturated carbocycles. The lowest BCUT2D eigenvalue weighted by molar-refractivity contribution is 0.462. The number of hydrogen-bond acceptors (Lipinski definition) is 2. The zero-order valence-corrected chi connectivity index (χ0v) is 17.8. The van der Waals surface area contributed by atoms with Crippen LogP contribution < -0.4 is 25.9 Å². The smallest absolute Gasteiger partial charge is 0.260 e. The van der Waals surface area contributed by atoms with E-state index in [2.05, 4.69) is 0 Å². The van der Waals surface area contributed by atoms with Crippen LogP contribution in [0.3, 0.4) is 0 Å². The van der Waals surface area contributed by atoms with Crippen molar-refractivity contribution in [2.45, 2.75) is 6.92 Å². The second-order valence-corrected chi connectivity index (χ2v) is 8.08. The summed E-state index contributed by atoms with van der Waals surface area (Å²) in [4.78, 5) is 0. The molecule has 35 heavy (non-hydrogen) atoms. The van der Waals surface area contributed by atoms with Gasteiger partial charge in [0.05, 0.1) is 40.0 Å². The van der Waals surface area contributed by atoms with Crippen LogP contribution in [0.25, 0.3) is 27.5 Å². The molecule has 6 aromatic rings. The van der Waals surface area contributed by atoms with Crippen LogP contribution in [0.2, 0.25) is 0 Å². The molecular weight excluding hydrogens is 429 g/mol. The molecule has 0 saturated heterocycles. The van der Waals surface area contributed by atoms with Gasteiger partial charge in [-0.1, -0.05) is 72.5 Å². The molecule has 0 amide bonds. The van der Waals surface area contributed by atoms with Crippen LogP contribution in [0.15, 0.2) is 103 Å². The number of nitrogens with zero attached hydrogens (tertiary/aromatic N) is 1. The first kappa shape index (κ1) is 8.97. The summed E-state index contributed by atoms with van der Waals surface area (Å²) in [6.07, 6.45) is 0. The number of hydrogen-bond donors (Lipinski definition) is 0. The average Bonchev–Trinajstić information content (AvgIpc) is 3.48. The summed E-state index contributed by atoms with van der Waals surface area (Å²) in [5, 5.41) is -0.613. The Labute approximate surface area is 227 Å². The van der Waals surface area contributed by atoms with Crippen LogP contribution in [0.5, 0.6) is 23.0 Å². The van der Waals surface area contributed by atoms with Crippen molar-refractivity contribution in [3.05, 3.63) is 108 Å². The maximum Gasteiger partial charge on any atom is 0.260 e. The summed E-state index contributed by atoms with van der Waals surface area (Å²) in [6, 6.07) is -10.7. The summed E-state index contributed by atoms with van der Waals surface area (Å²) < 4.78 is 162. The summed E-state index contributed by atoms with van der Waals surface area (Å²) in [6.45, 7) is 0.0680. The fourth-order valence-corrected chi connectivity index (χ4v) is 4.74. The average molecular weight is 466 g/mol. The highest BCUT2D eigenvalue weighted by Gasteiger charge is 2.40. The zero-order valence-electron chi connectivity index (χ0n) is 34.8. The number of aromatic nitrogens is 1. The van der Waals surface area contributed by atoms with Gasteiger partial charge in [-0.25, -0.2) is 0 Å².